The van der Waals surface area contributed by atoms with E-state index in [0.29, 0.717) is 11.5 Å². The molecule has 0 unspecified atom stereocenters. The first-order valence-electron chi connectivity index (χ1n) is 10.1. The fourth-order valence-corrected chi connectivity index (χ4v) is 3.55. The van der Waals surface area contributed by atoms with Crippen LogP contribution in [-0.4, -0.2) is 22.1 Å². The highest BCUT2D eigenvalue weighted by atomic mass is 16.5. The number of aromatic nitrogens is 3. The van der Waals surface area contributed by atoms with Crippen LogP contribution in [0.15, 0.2) is 91.3 Å². The minimum atomic E-state index is 0.392. The van der Waals surface area contributed by atoms with Crippen molar-refractivity contribution in [2.24, 2.45) is 0 Å². The summed E-state index contributed by atoms with van der Waals surface area (Å²) in [6.07, 6.45) is 1.43. The third kappa shape index (κ3) is 3.81. The second-order valence-electron chi connectivity index (χ2n) is 7.18. The van der Waals surface area contributed by atoms with Gasteiger partial charge in [-0.25, -0.2) is 15.0 Å². The number of anilines is 1. The Kier molecular flexibility index (Phi) is 5.09. The monoisotopic (exact) mass is 420 g/mol. The average Bonchev–Trinajstić information content (AvgIpc) is 2.85. The number of para-hydroxylation sites is 1. The number of nitrogens with two attached hydrogens (primary N) is 1. The Morgan fingerprint density at radius 3 is 2.09 bits per heavy atom. The van der Waals surface area contributed by atoms with Crippen molar-refractivity contribution in [3.8, 4) is 39.6 Å². The molecule has 6 nitrogen and oxygen atoms in total. The Bertz CT molecular complexity index is 1370. The van der Waals surface area contributed by atoms with E-state index in [9.17, 15) is 0 Å². The average molecular weight is 420 g/mol. The van der Waals surface area contributed by atoms with E-state index in [4.69, 9.17) is 20.2 Å². The van der Waals surface area contributed by atoms with Crippen molar-refractivity contribution in [1.29, 1.82) is 0 Å². The summed E-state index contributed by atoms with van der Waals surface area (Å²) in [6, 6.07) is 27.3. The molecule has 2 aromatic heterocycles. The molecule has 0 saturated carbocycles. The largest absolute Gasteiger partial charge is 0.497 e. The number of hydrogen-bond donors (Lipinski definition) is 1. The highest BCUT2D eigenvalue weighted by Crippen LogP contribution is 2.35. The topological polar surface area (TPSA) is 83.2 Å². The van der Waals surface area contributed by atoms with Gasteiger partial charge >= 0.3 is 0 Å². The number of benzene rings is 3. The summed E-state index contributed by atoms with van der Waals surface area (Å²) >= 11 is 0. The van der Waals surface area contributed by atoms with Crippen LogP contribution in [0.3, 0.4) is 0 Å². The Hall–Kier alpha value is -4.45. The molecule has 0 aliphatic heterocycles. The molecule has 0 saturated heterocycles. The van der Waals surface area contributed by atoms with Crippen LogP contribution >= 0.6 is 0 Å². The van der Waals surface area contributed by atoms with Crippen molar-refractivity contribution in [2.75, 3.05) is 12.8 Å². The lowest BCUT2D eigenvalue weighted by Crippen LogP contribution is -1.98. The quantitative estimate of drug-likeness (QED) is 0.390. The summed E-state index contributed by atoms with van der Waals surface area (Å²) in [6.45, 7) is 0. The molecule has 0 radical (unpaired) electrons. The van der Waals surface area contributed by atoms with Gasteiger partial charge in [0.1, 0.15) is 29.4 Å². The Balaban J connectivity index is 1.58. The molecule has 32 heavy (non-hydrogen) atoms. The lowest BCUT2D eigenvalue weighted by Gasteiger charge is -2.12. The molecule has 6 heteroatoms. The van der Waals surface area contributed by atoms with Gasteiger partial charge in [-0.15, -0.1) is 0 Å². The van der Waals surface area contributed by atoms with E-state index in [1.54, 1.807) is 7.11 Å². The predicted octanol–water partition coefficient (Wildman–Crippen LogP) is 5.74. The SMILES string of the molecule is COc1ccc(-c2cc(-c3ccc(Oc4ccccc4)cc3)c3c(N)ncnc3n2)cc1. The molecule has 2 N–H and O–H groups in total. The van der Waals surface area contributed by atoms with Crippen LogP contribution in [0.5, 0.6) is 17.2 Å². The maximum Gasteiger partial charge on any atom is 0.165 e. The molecule has 0 spiro atoms. The van der Waals surface area contributed by atoms with Crippen LogP contribution in [0.4, 0.5) is 5.82 Å². The summed E-state index contributed by atoms with van der Waals surface area (Å²) in [5.41, 5.74) is 10.4. The van der Waals surface area contributed by atoms with Gasteiger partial charge in [0.2, 0.25) is 0 Å². The first-order valence-corrected chi connectivity index (χ1v) is 10.1. The van der Waals surface area contributed by atoms with Gasteiger partial charge in [-0.3, -0.25) is 0 Å². The highest BCUT2D eigenvalue weighted by Gasteiger charge is 2.14. The van der Waals surface area contributed by atoms with Crippen LogP contribution in [-0.2, 0) is 0 Å². The molecule has 156 valence electrons. The molecule has 2 heterocycles. The zero-order valence-electron chi connectivity index (χ0n) is 17.4. The molecule has 0 bridgehead atoms. The number of nitrogens with zero attached hydrogens (tertiary/aromatic N) is 3. The van der Waals surface area contributed by atoms with Crippen LogP contribution in [0.25, 0.3) is 33.4 Å². The number of methoxy groups -OCH3 is 1. The number of ether oxygens (including phenoxy) is 2. The third-order valence-corrected chi connectivity index (χ3v) is 5.16. The number of pyridine rings is 1. The number of fused-ring (bicyclic) bond motifs is 1. The lowest BCUT2D eigenvalue weighted by atomic mass is 9.99. The second-order valence-corrected chi connectivity index (χ2v) is 7.18. The van der Waals surface area contributed by atoms with Crippen LogP contribution in [0.1, 0.15) is 0 Å². The summed E-state index contributed by atoms with van der Waals surface area (Å²) in [4.78, 5) is 13.3. The minimum Gasteiger partial charge on any atom is -0.497 e. The van der Waals surface area contributed by atoms with Gasteiger partial charge in [-0.1, -0.05) is 30.3 Å². The molecule has 0 aliphatic rings. The number of hydrogen-bond acceptors (Lipinski definition) is 6. The fraction of sp³-hybridized carbons (Fsp3) is 0.0385. The summed E-state index contributed by atoms with van der Waals surface area (Å²) in [7, 11) is 1.65. The summed E-state index contributed by atoms with van der Waals surface area (Å²) < 4.78 is 11.2. The molecule has 5 aromatic rings. The highest BCUT2D eigenvalue weighted by molar-refractivity contribution is 6.00. The minimum absolute atomic E-state index is 0.392. The van der Waals surface area contributed by atoms with Gasteiger partial charge in [0.15, 0.2) is 5.65 Å². The molecule has 0 fully saturated rings. The molecule has 3 aromatic carbocycles. The summed E-state index contributed by atoms with van der Waals surface area (Å²) in [5, 5.41) is 0.724. The van der Waals surface area contributed by atoms with E-state index in [-0.39, 0.29) is 0 Å². The molecule has 0 atom stereocenters. The Morgan fingerprint density at radius 1 is 0.719 bits per heavy atom. The Labute approximate surface area is 185 Å². The van der Waals surface area contributed by atoms with Gasteiger partial charge in [0.05, 0.1) is 18.2 Å². The first kappa shape index (κ1) is 19.5. The van der Waals surface area contributed by atoms with Crippen molar-refractivity contribution in [2.45, 2.75) is 0 Å². The third-order valence-electron chi connectivity index (χ3n) is 5.16. The number of nitrogen functional groups attached to an aromatic ring is 1. The van der Waals surface area contributed by atoms with E-state index in [1.807, 2.05) is 84.9 Å². The molecule has 5 rings (SSSR count). The second kappa shape index (κ2) is 8.35. The first-order chi connectivity index (χ1) is 15.7. The predicted molar refractivity (Wildman–Crippen MR) is 126 cm³/mol. The van der Waals surface area contributed by atoms with E-state index in [0.717, 1.165) is 45.0 Å². The Morgan fingerprint density at radius 2 is 1.38 bits per heavy atom. The van der Waals surface area contributed by atoms with Crippen molar-refractivity contribution >= 4 is 16.9 Å². The summed E-state index contributed by atoms with van der Waals surface area (Å²) in [5.74, 6) is 2.71. The maximum atomic E-state index is 6.22. The van der Waals surface area contributed by atoms with Gasteiger partial charge < -0.3 is 15.2 Å². The maximum absolute atomic E-state index is 6.22. The van der Waals surface area contributed by atoms with Crippen molar-refractivity contribution in [1.82, 2.24) is 15.0 Å². The number of rotatable bonds is 5. The normalized spacial score (nSPS) is 10.8. The van der Waals surface area contributed by atoms with E-state index >= 15 is 0 Å². The zero-order chi connectivity index (χ0) is 21.9. The van der Waals surface area contributed by atoms with Crippen LogP contribution in [0, 0.1) is 0 Å². The lowest BCUT2D eigenvalue weighted by molar-refractivity contribution is 0.415. The van der Waals surface area contributed by atoms with E-state index in [2.05, 4.69) is 9.97 Å². The van der Waals surface area contributed by atoms with Gasteiger partial charge in [0, 0.05) is 5.56 Å². The zero-order valence-corrected chi connectivity index (χ0v) is 17.4. The molecular formula is C26H20N4O2. The fourth-order valence-electron chi connectivity index (χ4n) is 3.55. The van der Waals surface area contributed by atoms with Crippen LogP contribution < -0.4 is 15.2 Å². The molecular weight excluding hydrogens is 400 g/mol. The van der Waals surface area contributed by atoms with E-state index in [1.165, 1.54) is 6.33 Å². The smallest absolute Gasteiger partial charge is 0.165 e. The van der Waals surface area contributed by atoms with Gasteiger partial charge in [-0.2, -0.15) is 0 Å². The van der Waals surface area contributed by atoms with Crippen molar-refractivity contribution in [3.63, 3.8) is 0 Å². The van der Waals surface area contributed by atoms with E-state index < -0.39 is 0 Å². The molecule has 0 amide bonds. The van der Waals surface area contributed by atoms with Crippen molar-refractivity contribution in [3.05, 3.63) is 91.3 Å². The standard InChI is InChI=1S/C26H20N4O2/c1-31-19-11-9-18(10-12-19)23-15-22(24-25(27)28-16-29-26(24)30-23)17-7-13-21(14-8-17)32-20-5-3-2-4-6-20/h2-16H,1H3,(H2,27,28,29,30). The van der Waals surface area contributed by atoms with Gasteiger partial charge in [0.25, 0.3) is 0 Å². The van der Waals surface area contributed by atoms with Crippen molar-refractivity contribution < 1.29 is 9.47 Å². The van der Waals surface area contributed by atoms with Gasteiger partial charge in [-0.05, 0) is 65.7 Å². The van der Waals surface area contributed by atoms with Crippen LogP contribution in [0.2, 0.25) is 0 Å². The molecule has 0 aliphatic carbocycles.